The van der Waals surface area contributed by atoms with Crippen LogP contribution in [0.15, 0.2) is 30.5 Å². The van der Waals surface area contributed by atoms with E-state index < -0.39 is 68.0 Å². The summed E-state index contributed by atoms with van der Waals surface area (Å²) in [7, 11) is 0. The molecule has 1 fully saturated rings. The fourth-order valence-electron chi connectivity index (χ4n) is 7.77. The quantitative estimate of drug-likeness (QED) is 0.0377. The van der Waals surface area contributed by atoms with Crippen molar-refractivity contribution in [3.8, 4) is 0 Å². The average Bonchev–Trinajstić information content (AvgIpc) is 3.83. The van der Waals surface area contributed by atoms with Crippen LogP contribution in [-0.2, 0) is 19.6 Å². The van der Waals surface area contributed by atoms with E-state index in [4.69, 9.17) is 5.73 Å². The van der Waals surface area contributed by atoms with Crippen molar-refractivity contribution in [1.82, 2.24) is 35.1 Å². The van der Waals surface area contributed by atoms with E-state index in [9.17, 15) is 60.7 Å². The van der Waals surface area contributed by atoms with E-state index in [0.29, 0.717) is 55.5 Å². The number of hydrogen-bond donors (Lipinski definition) is 14. The molecule has 3 aromatic heterocycles. The number of aromatic nitrogens is 5. The molecule has 0 aliphatic heterocycles. The normalized spacial score (nSPS) is 20.2. The second-order valence-electron chi connectivity index (χ2n) is 15.0. The Bertz CT molecular complexity index is 1990. The number of H-pyrrole nitrogens is 1. The van der Waals surface area contributed by atoms with Crippen LogP contribution in [0.4, 0.5) is 5.82 Å². The molecule has 1 aliphatic rings. The fraction of sp³-hybridized carbons (Fsp3) is 0.605. The van der Waals surface area contributed by atoms with E-state index in [1.807, 2.05) is 24.5 Å². The predicted octanol–water partition coefficient (Wildman–Crippen LogP) is -4.03. The van der Waals surface area contributed by atoms with Crippen molar-refractivity contribution in [2.24, 2.45) is 0 Å². The number of imidazole rings is 1. The molecule has 59 heavy (non-hydrogen) atoms. The number of amides is 2. The SMILES string of the molecule is CCn1c(CNC(=O)c2nc3cc[nH]c3nc2N)[n+](CC)c2ccc(C(=O)NC3CCC(N(C[C@H](O)[C@@H](O)[C@H](O)[C@H](O)CO)C[C@H](O)[C@@H](O)[C@H](O)[C@H](O)CO)CC3)cc21. The van der Waals surface area contributed by atoms with Crippen LogP contribution in [0, 0.1) is 0 Å². The molecule has 21 heteroatoms. The number of aliphatic hydroxyl groups is 10. The van der Waals surface area contributed by atoms with Crippen LogP contribution in [0.2, 0.25) is 0 Å². The summed E-state index contributed by atoms with van der Waals surface area (Å²) in [5, 5.41) is 107. The fourth-order valence-corrected chi connectivity index (χ4v) is 7.77. The van der Waals surface area contributed by atoms with Gasteiger partial charge in [0.25, 0.3) is 17.6 Å². The molecule has 1 aliphatic carbocycles. The zero-order valence-corrected chi connectivity index (χ0v) is 33.0. The summed E-state index contributed by atoms with van der Waals surface area (Å²) in [6.07, 6.45) is -11.0. The Labute approximate surface area is 339 Å². The van der Waals surface area contributed by atoms with Crippen LogP contribution >= 0.6 is 0 Å². The number of nitrogen functional groups attached to an aromatic ring is 1. The zero-order valence-electron chi connectivity index (χ0n) is 33.0. The topological polar surface area (TPSA) is 340 Å². The molecule has 15 N–H and O–H groups in total. The number of fused-ring (bicyclic) bond motifs is 2. The first-order valence-corrected chi connectivity index (χ1v) is 19.8. The number of nitrogens with two attached hydrogens (primary N) is 1. The second kappa shape index (κ2) is 20.2. The maximum atomic E-state index is 13.7. The van der Waals surface area contributed by atoms with Crippen molar-refractivity contribution >= 4 is 39.8 Å². The number of anilines is 1. The lowest BCUT2D eigenvalue weighted by Crippen LogP contribution is -2.56. The molecule has 21 nitrogen and oxygen atoms in total. The van der Waals surface area contributed by atoms with Gasteiger partial charge in [0.05, 0.1) is 38.5 Å². The second-order valence-corrected chi connectivity index (χ2v) is 15.0. The number of hydrogen-bond acceptors (Lipinski definition) is 16. The average molecular weight is 833 g/mol. The van der Waals surface area contributed by atoms with Crippen LogP contribution in [0.5, 0.6) is 0 Å². The minimum absolute atomic E-state index is 0.00395. The third kappa shape index (κ3) is 10.3. The van der Waals surface area contributed by atoms with Gasteiger partial charge in [-0.2, -0.15) is 0 Å². The van der Waals surface area contributed by atoms with E-state index >= 15 is 0 Å². The molecule has 8 atom stereocenters. The maximum Gasteiger partial charge on any atom is 0.277 e. The van der Waals surface area contributed by atoms with Gasteiger partial charge < -0.3 is 72.4 Å². The van der Waals surface area contributed by atoms with Gasteiger partial charge in [-0.25, -0.2) is 19.1 Å². The van der Waals surface area contributed by atoms with E-state index in [-0.39, 0.29) is 49.1 Å². The molecule has 3 heterocycles. The van der Waals surface area contributed by atoms with Gasteiger partial charge in [-0.15, -0.1) is 0 Å². The number of aliphatic hydroxyl groups excluding tert-OH is 10. The monoisotopic (exact) mass is 832 g/mol. The molecule has 5 rings (SSSR count). The Kier molecular flexibility index (Phi) is 15.7. The van der Waals surface area contributed by atoms with Crippen LogP contribution in [-0.4, -0.2) is 175 Å². The van der Waals surface area contributed by atoms with E-state index in [1.54, 1.807) is 24.4 Å². The molecule has 2 amide bonds. The lowest BCUT2D eigenvalue weighted by Gasteiger charge is -2.40. The lowest BCUT2D eigenvalue weighted by molar-refractivity contribution is -0.676. The summed E-state index contributed by atoms with van der Waals surface area (Å²) < 4.78 is 4.07. The summed E-state index contributed by atoms with van der Waals surface area (Å²) >= 11 is 0. The first kappa shape index (κ1) is 45.7. The van der Waals surface area contributed by atoms with Gasteiger partial charge in [-0.3, -0.25) is 14.5 Å². The molecule has 1 aromatic carbocycles. The van der Waals surface area contributed by atoms with Gasteiger partial charge in [0.15, 0.2) is 28.2 Å². The van der Waals surface area contributed by atoms with Crippen molar-refractivity contribution < 1.29 is 65.2 Å². The van der Waals surface area contributed by atoms with Gasteiger partial charge in [-0.05, 0) is 57.7 Å². The lowest BCUT2D eigenvalue weighted by atomic mass is 9.89. The molecule has 0 bridgehead atoms. The molecule has 1 saturated carbocycles. The number of aromatic amines is 1. The number of carbonyl (C=O) groups excluding carboxylic acids is 2. The Morgan fingerprint density at radius 2 is 1.46 bits per heavy atom. The van der Waals surface area contributed by atoms with Gasteiger partial charge in [0.1, 0.15) is 48.7 Å². The Morgan fingerprint density at radius 1 is 0.864 bits per heavy atom. The Morgan fingerprint density at radius 3 is 2.02 bits per heavy atom. The molecule has 0 radical (unpaired) electrons. The number of carbonyl (C=O) groups is 2. The highest BCUT2D eigenvalue weighted by Gasteiger charge is 2.37. The summed E-state index contributed by atoms with van der Waals surface area (Å²) in [6.45, 7) is 2.72. The molecule has 0 saturated heterocycles. The summed E-state index contributed by atoms with van der Waals surface area (Å²) in [5.74, 6) is -0.00667. The first-order valence-electron chi connectivity index (χ1n) is 19.8. The van der Waals surface area contributed by atoms with Gasteiger partial charge in [0.2, 0.25) is 0 Å². The van der Waals surface area contributed by atoms with E-state index in [0.717, 1.165) is 16.9 Å². The van der Waals surface area contributed by atoms with Crippen LogP contribution in [0.1, 0.15) is 66.2 Å². The zero-order chi connectivity index (χ0) is 43.1. The Balaban J connectivity index is 1.26. The minimum atomic E-state index is -1.90. The van der Waals surface area contributed by atoms with Crippen molar-refractivity contribution in [2.75, 3.05) is 32.0 Å². The standard InChI is InChI=1S/C38H57N9O12/c1-3-46-23-10-5-19(13-24(23)47(4-2)29(46)14-41-38(59)30-35(39)44-36-22(43-30)11-12-40-36)37(58)42-20-6-8-21(9-7-20)45(15-25(50)31(54)33(56)27(52)17-48)16-26(51)32(55)34(57)28(53)18-49/h5,10-13,20-21,25-28,31-34,48-57H,3-4,6-9,14-18H2,1-2H3,(H4-,39,40,41,42,43,44,58,59)/p+1/t20?,21?,25-,26-,27+,28+,31+,32+,33+,34+/m0/s1. The molecular weight excluding hydrogens is 774 g/mol. The van der Waals surface area contributed by atoms with Crippen LogP contribution < -0.4 is 20.9 Å². The predicted molar refractivity (Wildman–Crippen MR) is 210 cm³/mol. The number of nitrogens with zero attached hydrogens (tertiary/aromatic N) is 5. The molecular formula is C38H58N9O12+. The smallest absolute Gasteiger partial charge is 0.277 e. The Hall–Kier alpha value is -4.39. The maximum absolute atomic E-state index is 13.7. The highest BCUT2D eigenvalue weighted by atomic mass is 16.4. The number of aryl methyl sites for hydroxylation is 2. The van der Waals surface area contributed by atoms with Gasteiger partial charge in [-0.1, -0.05) is 0 Å². The molecule has 0 unspecified atom stereocenters. The number of benzene rings is 1. The summed E-state index contributed by atoms with van der Waals surface area (Å²) in [6, 6.07) is 6.42. The first-order chi connectivity index (χ1) is 28.1. The molecule has 326 valence electrons. The third-order valence-electron chi connectivity index (χ3n) is 11.2. The van der Waals surface area contributed by atoms with Crippen molar-refractivity contribution in [3.05, 3.63) is 47.5 Å². The molecule has 4 aromatic rings. The number of nitrogens with one attached hydrogen (secondary N) is 3. The summed E-state index contributed by atoms with van der Waals surface area (Å²) in [4.78, 5) is 39.9. The molecule has 0 spiro atoms. The minimum Gasteiger partial charge on any atom is -0.394 e. The largest absolute Gasteiger partial charge is 0.394 e. The number of rotatable bonds is 20. The van der Waals surface area contributed by atoms with Crippen LogP contribution in [0.3, 0.4) is 0 Å². The third-order valence-corrected chi connectivity index (χ3v) is 11.2. The van der Waals surface area contributed by atoms with Crippen molar-refractivity contribution in [3.63, 3.8) is 0 Å². The van der Waals surface area contributed by atoms with Gasteiger partial charge >= 0.3 is 0 Å². The van der Waals surface area contributed by atoms with Gasteiger partial charge in [0, 0.05) is 43.0 Å². The van der Waals surface area contributed by atoms with E-state index in [1.165, 1.54) is 4.90 Å². The highest BCUT2D eigenvalue weighted by molar-refractivity contribution is 5.98. The van der Waals surface area contributed by atoms with E-state index in [2.05, 4.69) is 30.2 Å². The summed E-state index contributed by atoms with van der Waals surface area (Å²) in [5.41, 5.74) is 9.09. The van der Waals surface area contributed by atoms with Crippen molar-refractivity contribution in [2.45, 2.75) is 120 Å². The van der Waals surface area contributed by atoms with Crippen LogP contribution in [0.25, 0.3) is 22.2 Å². The highest BCUT2D eigenvalue weighted by Crippen LogP contribution is 2.26. The van der Waals surface area contributed by atoms with Crippen molar-refractivity contribution in [1.29, 1.82) is 0 Å².